The molecule has 0 aliphatic heterocycles. The van der Waals surface area contributed by atoms with Crippen LogP contribution in [0.5, 0.6) is 5.75 Å². The van der Waals surface area contributed by atoms with Gasteiger partial charge in [-0.2, -0.15) is 5.10 Å². The van der Waals surface area contributed by atoms with E-state index < -0.39 is 6.10 Å². The van der Waals surface area contributed by atoms with Gasteiger partial charge in [0.05, 0.1) is 17.3 Å². The molecule has 3 aromatic rings. The Morgan fingerprint density at radius 2 is 2.07 bits per heavy atom. The fraction of sp³-hybridized carbons (Fsp3) is 0.250. The van der Waals surface area contributed by atoms with Crippen molar-refractivity contribution in [2.24, 2.45) is 0 Å². The molecule has 0 aliphatic rings. The molecule has 2 N–H and O–H groups in total. The summed E-state index contributed by atoms with van der Waals surface area (Å²) in [4.78, 5) is 11.3. The van der Waals surface area contributed by atoms with E-state index in [0.29, 0.717) is 32.1 Å². The summed E-state index contributed by atoms with van der Waals surface area (Å²) in [5.41, 5.74) is 1.41. The molecule has 1 heterocycles. The molecule has 1 aromatic heterocycles. The highest BCUT2D eigenvalue weighted by atomic mass is 35.5. The van der Waals surface area contributed by atoms with Crippen molar-refractivity contribution >= 4 is 47.0 Å². The number of aliphatic hydroxyl groups is 1. The van der Waals surface area contributed by atoms with Gasteiger partial charge in [-0.15, -0.1) is 0 Å². The van der Waals surface area contributed by atoms with Gasteiger partial charge in [-0.25, -0.2) is 4.68 Å². The van der Waals surface area contributed by atoms with Crippen LogP contribution in [0, 0.1) is 11.7 Å². The second kappa shape index (κ2) is 9.61. The molecule has 0 saturated carbocycles. The van der Waals surface area contributed by atoms with Crippen molar-refractivity contribution in [1.29, 1.82) is 0 Å². The number of rotatable bonds is 7. The SMILES string of the molecule is CC(=O)Nc1cccc(-n2c(C)nn(CC(O)COc3ccc(Cl)cc3Cl)c2=S)c1. The van der Waals surface area contributed by atoms with E-state index in [4.69, 9.17) is 40.2 Å². The summed E-state index contributed by atoms with van der Waals surface area (Å²) >= 11 is 17.5. The van der Waals surface area contributed by atoms with Gasteiger partial charge >= 0.3 is 0 Å². The Bertz CT molecular complexity index is 1130. The lowest BCUT2D eigenvalue weighted by atomic mass is 10.2. The normalized spacial score (nSPS) is 11.9. The molecular formula is C20H20Cl2N4O3S. The second-order valence-corrected chi connectivity index (χ2v) is 7.83. The van der Waals surface area contributed by atoms with Crippen LogP contribution in [0.15, 0.2) is 42.5 Å². The molecule has 158 valence electrons. The van der Waals surface area contributed by atoms with E-state index in [1.165, 1.54) is 11.6 Å². The zero-order valence-corrected chi connectivity index (χ0v) is 18.6. The number of hydrogen-bond donors (Lipinski definition) is 2. The Labute approximate surface area is 188 Å². The number of ether oxygens (including phenoxy) is 1. The number of aromatic nitrogens is 3. The lowest BCUT2D eigenvalue weighted by Gasteiger charge is -2.13. The number of hydrogen-bond acceptors (Lipinski definition) is 5. The summed E-state index contributed by atoms with van der Waals surface area (Å²) in [6.07, 6.45) is -0.864. The first-order valence-electron chi connectivity index (χ1n) is 9.05. The monoisotopic (exact) mass is 466 g/mol. The predicted octanol–water partition coefficient (Wildman–Crippen LogP) is 4.42. The van der Waals surface area contributed by atoms with Crippen LogP contribution in [0.1, 0.15) is 12.7 Å². The van der Waals surface area contributed by atoms with E-state index in [-0.39, 0.29) is 19.1 Å². The summed E-state index contributed by atoms with van der Waals surface area (Å²) in [5.74, 6) is 0.918. The quantitative estimate of drug-likeness (QED) is 0.503. The van der Waals surface area contributed by atoms with Gasteiger partial charge in [0, 0.05) is 17.6 Å². The van der Waals surface area contributed by atoms with Gasteiger partial charge in [0.2, 0.25) is 10.7 Å². The van der Waals surface area contributed by atoms with Crippen molar-refractivity contribution in [1.82, 2.24) is 14.3 Å². The highest BCUT2D eigenvalue weighted by molar-refractivity contribution is 7.71. The summed E-state index contributed by atoms with van der Waals surface area (Å²) in [6.45, 7) is 3.41. The standard InChI is InChI=1S/C20H20Cl2N4O3S/c1-12-24-25(10-17(28)11-29-19-7-6-14(21)8-18(19)22)20(30)26(12)16-5-3-4-15(9-16)23-13(2)27/h3-9,17,28H,10-11H2,1-2H3,(H,23,27). The van der Waals surface area contributed by atoms with Gasteiger partial charge in [0.25, 0.3) is 0 Å². The van der Waals surface area contributed by atoms with Crippen molar-refractivity contribution in [2.75, 3.05) is 11.9 Å². The van der Waals surface area contributed by atoms with Crippen LogP contribution in [0.4, 0.5) is 5.69 Å². The first kappa shape index (κ1) is 22.3. The van der Waals surface area contributed by atoms with Crippen LogP contribution in [0.3, 0.4) is 0 Å². The maximum Gasteiger partial charge on any atom is 0.221 e. The number of nitrogens with zero attached hydrogens (tertiary/aromatic N) is 3. The average Bonchev–Trinajstić information content (AvgIpc) is 2.94. The van der Waals surface area contributed by atoms with E-state index in [1.807, 2.05) is 19.1 Å². The van der Waals surface area contributed by atoms with Crippen molar-refractivity contribution in [2.45, 2.75) is 26.5 Å². The molecule has 10 heteroatoms. The van der Waals surface area contributed by atoms with Gasteiger partial charge in [0.1, 0.15) is 24.3 Å². The minimum atomic E-state index is -0.864. The van der Waals surface area contributed by atoms with Crippen molar-refractivity contribution in [3.05, 3.63) is 63.1 Å². The fourth-order valence-electron chi connectivity index (χ4n) is 2.89. The van der Waals surface area contributed by atoms with Crippen LogP contribution >= 0.6 is 35.4 Å². The fourth-order valence-corrected chi connectivity index (χ4v) is 3.70. The smallest absolute Gasteiger partial charge is 0.221 e. The Morgan fingerprint density at radius 1 is 1.30 bits per heavy atom. The predicted molar refractivity (Wildman–Crippen MR) is 119 cm³/mol. The first-order valence-corrected chi connectivity index (χ1v) is 10.2. The molecule has 0 radical (unpaired) electrons. The lowest BCUT2D eigenvalue weighted by molar-refractivity contribution is -0.114. The van der Waals surface area contributed by atoms with Gasteiger partial charge in [-0.05, 0) is 55.5 Å². The topological polar surface area (TPSA) is 81.3 Å². The maximum absolute atomic E-state index is 11.3. The number of aryl methyl sites for hydroxylation is 1. The van der Waals surface area contributed by atoms with Crippen LogP contribution in [0.2, 0.25) is 10.0 Å². The largest absolute Gasteiger partial charge is 0.489 e. The first-order chi connectivity index (χ1) is 14.2. The number of anilines is 1. The number of aliphatic hydroxyl groups excluding tert-OH is 1. The lowest BCUT2D eigenvalue weighted by Crippen LogP contribution is -2.24. The number of halogens is 2. The Kier molecular flexibility index (Phi) is 7.14. The van der Waals surface area contributed by atoms with Gasteiger partial charge in [0.15, 0.2) is 0 Å². The molecule has 1 amide bonds. The van der Waals surface area contributed by atoms with Crippen molar-refractivity contribution in [3.63, 3.8) is 0 Å². The Hall–Kier alpha value is -2.39. The maximum atomic E-state index is 11.3. The van der Waals surface area contributed by atoms with Crippen molar-refractivity contribution in [3.8, 4) is 11.4 Å². The molecule has 0 saturated heterocycles. The van der Waals surface area contributed by atoms with E-state index in [1.54, 1.807) is 34.9 Å². The third-order valence-electron chi connectivity index (χ3n) is 4.13. The van der Waals surface area contributed by atoms with E-state index >= 15 is 0 Å². The highest BCUT2D eigenvalue weighted by Gasteiger charge is 2.14. The Morgan fingerprint density at radius 3 is 2.77 bits per heavy atom. The zero-order valence-electron chi connectivity index (χ0n) is 16.3. The van der Waals surface area contributed by atoms with Crippen LogP contribution < -0.4 is 10.1 Å². The van der Waals surface area contributed by atoms with Crippen LogP contribution in [-0.2, 0) is 11.3 Å². The molecule has 0 bridgehead atoms. The number of nitrogens with one attached hydrogen (secondary N) is 1. The summed E-state index contributed by atoms with van der Waals surface area (Å²) in [5, 5.41) is 18.4. The molecule has 30 heavy (non-hydrogen) atoms. The summed E-state index contributed by atoms with van der Waals surface area (Å²) < 4.78 is 9.29. The molecule has 0 spiro atoms. The molecule has 1 unspecified atom stereocenters. The molecule has 0 fully saturated rings. The molecule has 7 nitrogen and oxygen atoms in total. The second-order valence-electron chi connectivity index (χ2n) is 6.62. The zero-order chi connectivity index (χ0) is 21.8. The minimum absolute atomic E-state index is 0.00699. The minimum Gasteiger partial charge on any atom is -0.489 e. The van der Waals surface area contributed by atoms with Gasteiger partial charge in [-0.3, -0.25) is 9.36 Å². The third kappa shape index (κ3) is 5.40. The van der Waals surface area contributed by atoms with E-state index in [0.717, 1.165) is 5.69 Å². The van der Waals surface area contributed by atoms with Crippen LogP contribution in [0.25, 0.3) is 5.69 Å². The number of benzene rings is 2. The highest BCUT2D eigenvalue weighted by Crippen LogP contribution is 2.27. The Balaban J connectivity index is 1.74. The van der Waals surface area contributed by atoms with Gasteiger partial charge < -0.3 is 15.2 Å². The van der Waals surface area contributed by atoms with Gasteiger partial charge in [-0.1, -0.05) is 29.3 Å². The summed E-state index contributed by atoms with van der Waals surface area (Å²) in [7, 11) is 0. The third-order valence-corrected chi connectivity index (χ3v) is 5.06. The van der Waals surface area contributed by atoms with Crippen LogP contribution in [-0.4, -0.2) is 38.1 Å². The molecule has 3 rings (SSSR count). The summed E-state index contributed by atoms with van der Waals surface area (Å²) in [6, 6.07) is 12.1. The number of carbonyl (C=O) groups is 1. The van der Waals surface area contributed by atoms with E-state index in [9.17, 15) is 9.90 Å². The van der Waals surface area contributed by atoms with E-state index in [2.05, 4.69) is 10.4 Å². The molecule has 0 aliphatic carbocycles. The van der Waals surface area contributed by atoms with Crippen molar-refractivity contribution < 1.29 is 14.6 Å². The molecular weight excluding hydrogens is 447 g/mol. The molecule has 1 atom stereocenters. The average molecular weight is 467 g/mol. The number of carbonyl (C=O) groups excluding carboxylic acids is 1. The molecule has 2 aromatic carbocycles. The number of amides is 1.